The lowest BCUT2D eigenvalue weighted by molar-refractivity contribution is -0.121. The molecule has 1 aliphatic heterocycles. The van der Waals surface area contributed by atoms with E-state index < -0.39 is 0 Å². The zero-order valence-electron chi connectivity index (χ0n) is 16.2. The fourth-order valence-corrected chi connectivity index (χ4v) is 3.46. The van der Waals surface area contributed by atoms with E-state index in [1.165, 1.54) is 0 Å². The van der Waals surface area contributed by atoms with Crippen LogP contribution in [0.2, 0.25) is 0 Å². The van der Waals surface area contributed by atoms with Gasteiger partial charge in [-0.2, -0.15) is 10.1 Å². The maximum absolute atomic E-state index is 12.1. The second-order valence-corrected chi connectivity index (χ2v) is 7.16. The molecular weight excluding hydrogens is 384 g/mol. The zero-order chi connectivity index (χ0) is 20.3. The molecule has 4 aromatic rings. The number of carbonyl (C=O) groups excluding carboxylic acids is 1. The van der Waals surface area contributed by atoms with Crippen LogP contribution in [0.5, 0.6) is 0 Å². The van der Waals surface area contributed by atoms with E-state index in [1.807, 2.05) is 42.6 Å². The van der Waals surface area contributed by atoms with Gasteiger partial charge in [-0.3, -0.25) is 4.79 Å². The first-order valence-electron chi connectivity index (χ1n) is 9.87. The minimum atomic E-state index is -0.161. The van der Waals surface area contributed by atoms with Gasteiger partial charge in [0.05, 0.1) is 18.0 Å². The Balaban J connectivity index is 1.28. The lowest BCUT2D eigenvalue weighted by Gasteiger charge is -2.09. The lowest BCUT2D eigenvalue weighted by atomic mass is 10.1. The van der Waals surface area contributed by atoms with E-state index in [0.29, 0.717) is 12.4 Å². The molecule has 9 nitrogen and oxygen atoms in total. The number of hydrogen-bond acceptors (Lipinski definition) is 7. The first-order chi connectivity index (χ1) is 14.7. The summed E-state index contributed by atoms with van der Waals surface area (Å²) in [5.41, 5.74) is 3.27. The van der Waals surface area contributed by atoms with Gasteiger partial charge in [-0.25, -0.2) is 9.50 Å². The van der Waals surface area contributed by atoms with Gasteiger partial charge in [0.2, 0.25) is 17.6 Å². The van der Waals surface area contributed by atoms with Gasteiger partial charge in [0.1, 0.15) is 6.42 Å². The highest BCUT2D eigenvalue weighted by Crippen LogP contribution is 2.24. The van der Waals surface area contributed by atoms with Crippen LogP contribution in [-0.2, 0) is 16.0 Å². The Bertz CT molecular complexity index is 1150. The molecule has 9 heteroatoms. The molecule has 152 valence electrons. The largest absolute Gasteiger partial charge is 0.376 e. The maximum Gasteiger partial charge on any atom is 0.236 e. The van der Waals surface area contributed by atoms with Crippen molar-refractivity contribution in [3.05, 3.63) is 54.7 Å². The van der Waals surface area contributed by atoms with Gasteiger partial charge in [-0.15, -0.1) is 0 Å². The smallest absolute Gasteiger partial charge is 0.236 e. The molecule has 1 N–H and O–H groups in total. The van der Waals surface area contributed by atoms with Crippen LogP contribution in [-0.4, -0.2) is 49.9 Å². The number of nitrogens with one attached hydrogen (secondary N) is 1. The van der Waals surface area contributed by atoms with Gasteiger partial charge in [0.25, 0.3) is 0 Å². The highest BCUT2D eigenvalue weighted by molar-refractivity contribution is 5.77. The van der Waals surface area contributed by atoms with Crippen molar-refractivity contribution < 1.29 is 14.1 Å². The molecule has 5 rings (SSSR count). The van der Waals surface area contributed by atoms with Crippen molar-refractivity contribution in [2.24, 2.45) is 0 Å². The molecule has 1 aromatic carbocycles. The lowest BCUT2D eigenvalue weighted by Crippen LogP contribution is -2.32. The van der Waals surface area contributed by atoms with Crippen molar-refractivity contribution in [2.45, 2.75) is 25.4 Å². The molecule has 1 atom stereocenters. The normalized spacial score (nSPS) is 16.2. The highest BCUT2D eigenvalue weighted by Gasteiger charge is 2.18. The Kier molecular flexibility index (Phi) is 4.94. The van der Waals surface area contributed by atoms with Gasteiger partial charge in [-0.1, -0.05) is 23.4 Å². The predicted octanol–water partition coefficient (Wildman–Crippen LogP) is 2.28. The SMILES string of the molecule is O=C(Cc1nc(-c2cccc(-c3cn4ncccc4n3)c2)no1)NCC1CCCO1. The van der Waals surface area contributed by atoms with Crippen LogP contribution in [0.1, 0.15) is 18.7 Å². The number of amides is 1. The Labute approximate surface area is 172 Å². The molecule has 0 radical (unpaired) electrons. The van der Waals surface area contributed by atoms with Gasteiger partial charge in [0.15, 0.2) is 5.65 Å². The van der Waals surface area contributed by atoms with Crippen LogP contribution in [0, 0.1) is 0 Å². The minimum Gasteiger partial charge on any atom is -0.376 e. The fourth-order valence-electron chi connectivity index (χ4n) is 3.46. The Morgan fingerprint density at radius 1 is 1.20 bits per heavy atom. The first-order valence-corrected chi connectivity index (χ1v) is 9.87. The van der Waals surface area contributed by atoms with Crippen molar-refractivity contribution in [3.8, 4) is 22.6 Å². The van der Waals surface area contributed by atoms with Crippen LogP contribution in [0.15, 0.2) is 53.3 Å². The van der Waals surface area contributed by atoms with E-state index >= 15 is 0 Å². The fraction of sp³-hybridized carbons (Fsp3) is 0.286. The average Bonchev–Trinajstić information content (AvgIpc) is 3.52. The second kappa shape index (κ2) is 8.03. The number of ether oxygens (including phenoxy) is 1. The van der Waals surface area contributed by atoms with Gasteiger partial charge in [-0.05, 0) is 31.0 Å². The summed E-state index contributed by atoms with van der Waals surface area (Å²) in [4.78, 5) is 21.1. The van der Waals surface area contributed by atoms with Crippen molar-refractivity contribution >= 4 is 11.6 Å². The number of nitrogens with zero attached hydrogens (tertiary/aromatic N) is 5. The average molecular weight is 404 g/mol. The van der Waals surface area contributed by atoms with Crippen molar-refractivity contribution in [1.82, 2.24) is 30.1 Å². The summed E-state index contributed by atoms with van der Waals surface area (Å²) >= 11 is 0. The molecule has 1 fully saturated rings. The minimum absolute atomic E-state index is 0.0392. The van der Waals surface area contributed by atoms with Crippen LogP contribution < -0.4 is 5.32 Å². The van der Waals surface area contributed by atoms with E-state index in [-0.39, 0.29) is 24.3 Å². The number of hydrogen-bond donors (Lipinski definition) is 1. The van der Waals surface area contributed by atoms with Crippen LogP contribution in [0.4, 0.5) is 0 Å². The van der Waals surface area contributed by atoms with E-state index in [4.69, 9.17) is 9.26 Å². The molecule has 1 aliphatic rings. The molecule has 3 aromatic heterocycles. The number of aromatic nitrogens is 5. The molecule has 1 amide bonds. The predicted molar refractivity (Wildman–Crippen MR) is 107 cm³/mol. The summed E-state index contributed by atoms with van der Waals surface area (Å²) in [6.45, 7) is 1.27. The second-order valence-electron chi connectivity index (χ2n) is 7.16. The third kappa shape index (κ3) is 3.92. The first kappa shape index (κ1) is 18.4. The van der Waals surface area contributed by atoms with E-state index in [1.54, 1.807) is 10.7 Å². The van der Waals surface area contributed by atoms with Crippen LogP contribution in [0.25, 0.3) is 28.3 Å². The van der Waals surface area contributed by atoms with Gasteiger partial charge >= 0.3 is 0 Å². The molecule has 4 heterocycles. The zero-order valence-corrected chi connectivity index (χ0v) is 16.2. The molecule has 0 aliphatic carbocycles. The summed E-state index contributed by atoms with van der Waals surface area (Å²) in [7, 11) is 0. The van der Waals surface area contributed by atoms with Crippen LogP contribution in [0.3, 0.4) is 0 Å². The van der Waals surface area contributed by atoms with Crippen molar-refractivity contribution in [3.63, 3.8) is 0 Å². The van der Waals surface area contributed by atoms with Gasteiger partial charge in [0, 0.05) is 30.5 Å². The van der Waals surface area contributed by atoms with Crippen molar-refractivity contribution in [2.75, 3.05) is 13.2 Å². The molecule has 0 spiro atoms. The quantitative estimate of drug-likeness (QED) is 0.525. The highest BCUT2D eigenvalue weighted by atomic mass is 16.5. The van der Waals surface area contributed by atoms with Crippen molar-refractivity contribution in [1.29, 1.82) is 0 Å². The van der Waals surface area contributed by atoms with E-state index in [0.717, 1.165) is 41.9 Å². The Morgan fingerprint density at radius 2 is 2.13 bits per heavy atom. The molecule has 1 unspecified atom stereocenters. The Morgan fingerprint density at radius 3 is 3.00 bits per heavy atom. The van der Waals surface area contributed by atoms with E-state index in [9.17, 15) is 4.79 Å². The maximum atomic E-state index is 12.1. The number of fused-ring (bicyclic) bond motifs is 1. The Hall–Kier alpha value is -3.59. The summed E-state index contributed by atoms with van der Waals surface area (Å²) in [5, 5.41) is 11.1. The number of benzene rings is 1. The summed E-state index contributed by atoms with van der Waals surface area (Å²) < 4.78 is 12.5. The summed E-state index contributed by atoms with van der Waals surface area (Å²) in [6, 6.07) is 11.4. The third-order valence-electron chi connectivity index (χ3n) is 4.98. The van der Waals surface area contributed by atoms with Gasteiger partial charge < -0.3 is 14.6 Å². The number of imidazole rings is 1. The monoisotopic (exact) mass is 404 g/mol. The van der Waals surface area contributed by atoms with E-state index in [2.05, 4.69) is 25.5 Å². The molecule has 0 bridgehead atoms. The molecule has 1 saturated heterocycles. The number of rotatable bonds is 6. The summed E-state index contributed by atoms with van der Waals surface area (Å²) in [6.07, 6.45) is 5.74. The molecule has 30 heavy (non-hydrogen) atoms. The van der Waals surface area contributed by atoms with Crippen LogP contribution >= 0.6 is 0 Å². The number of carbonyl (C=O) groups is 1. The summed E-state index contributed by atoms with van der Waals surface area (Å²) in [5.74, 6) is 0.546. The topological polar surface area (TPSA) is 107 Å². The third-order valence-corrected chi connectivity index (χ3v) is 4.98. The standard InChI is InChI=1S/C21H20N6O3/c28-19(22-12-16-6-3-9-29-16)11-20-25-21(26-30-20)15-5-1-4-14(10-15)17-13-27-18(24-17)7-2-8-23-27/h1-2,4-5,7-8,10,13,16H,3,6,9,11-12H2,(H,22,28). The molecular formula is C21H20N6O3. The molecule has 0 saturated carbocycles.